The number of rotatable bonds is 6. The molecule has 5 nitrogen and oxygen atoms in total. The van der Waals surface area contributed by atoms with Crippen LogP contribution in [-0.2, 0) is 4.79 Å². The fourth-order valence-electron chi connectivity index (χ4n) is 3.89. The van der Waals surface area contributed by atoms with Crippen LogP contribution in [-0.4, -0.2) is 43.2 Å². The Morgan fingerprint density at radius 1 is 1.11 bits per heavy atom. The Labute approximate surface area is 168 Å². The molecule has 1 heterocycles. The highest BCUT2D eigenvalue weighted by Crippen LogP contribution is 2.27. The normalized spacial score (nSPS) is 17.2. The molecule has 0 aromatic heterocycles. The summed E-state index contributed by atoms with van der Waals surface area (Å²) < 4.78 is 0. The molecule has 0 unspecified atom stereocenters. The fourth-order valence-corrected chi connectivity index (χ4v) is 3.89. The number of para-hydroxylation sites is 3. The number of carbonyl (C=O) groups is 1. The molecule has 2 aromatic rings. The van der Waals surface area contributed by atoms with Gasteiger partial charge in [0.2, 0.25) is 0 Å². The molecule has 28 heavy (non-hydrogen) atoms. The van der Waals surface area contributed by atoms with Gasteiger partial charge in [-0.2, -0.15) is 0 Å². The molecule has 2 aromatic carbocycles. The number of phenolic OH excluding ortho intramolecular Hbond substituents is 1. The first-order valence-electron chi connectivity index (χ1n) is 10.3. The largest absolute Gasteiger partial charge is 0.506 e. The van der Waals surface area contributed by atoms with E-state index in [0.29, 0.717) is 11.7 Å². The molecule has 1 fully saturated rings. The van der Waals surface area contributed by atoms with Crippen molar-refractivity contribution in [1.29, 1.82) is 0 Å². The van der Waals surface area contributed by atoms with Crippen molar-refractivity contribution in [3.05, 3.63) is 54.1 Å². The number of hydrogen-bond acceptors (Lipinski definition) is 3. The molecule has 1 amide bonds. The summed E-state index contributed by atoms with van der Waals surface area (Å²) in [5.41, 5.74) is 3.01. The number of quaternary nitrogens is 1. The van der Waals surface area contributed by atoms with Crippen molar-refractivity contribution in [3.8, 4) is 5.75 Å². The quantitative estimate of drug-likeness (QED) is 0.720. The molecule has 3 N–H and O–H groups in total. The van der Waals surface area contributed by atoms with Crippen molar-refractivity contribution in [2.45, 2.75) is 39.2 Å². The van der Waals surface area contributed by atoms with E-state index < -0.39 is 0 Å². The minimum absolute atomic E-state index is 0.0711. The summed E-state index contributed by atoms with van der Waals surface area (Å²) in [5, 5.41) is 13.2. The van der Waals surface area contributed by atoms with Crippen molar-refractivity contribution < 1.29 is 14.8 Å². The Kier molecular flexibility index (Phi) is 6.57. The number of amides is 1. The van der Waals surface area contributed by atoms with E-state index in [-0.39, 0.29) is 11.9 Å². The molecule has 0 saturated carbocycles. The number of anilines is 2. The molecule has 0 spiro atoms. The third-order valence-electron chi connectivity index (χ3n) is 6.00. The average Bonchev–Trinajstić information content (AvgIpc) is 2.73. The van der Waals surface area contributed by atoms with E-state index >= 15 is 0 Å². The molecule has 0 bridgehead atoms. The summed E-state index contributed by atoms with van der Waals surface area (Å²) in [6.07, 6.45) is 1.04. The Bertz CT molecular complexity index is 800. The van der Waals surface area contributed by atoms with Crippen LogP contribution in [0.15, 0.2) is 48.5 Å². The molecular formula is C23H32N3O2+. The van der Waals surface area contributed by atoms with Crippen molar-refractivity contribution >= 4 is 17.3 Å². The molecule has 1 aliphatic rings. The van der Waals surface area contributed by atoms with Gasteiger partial charge in [0.1, 0.15) is 5.75 Å². The van der Waals surface area contributed by atoms with Crippen molar-refractivity contribution in [2.24, 2.45) is 0 Å². The SMILES string of the molecule is CC[C@@H](C)c1ccccc1NC(=O)[C@@H](C)[NH+]1CCN(c2ccccc2O)CC1. The lowest BCUT2D eigenvalue weighted by atomic mass is 9.97. The van der Waals surface area contributed by atoms with Crippen LogP contribution >= 0.6 is 0 Å². The molecule has 0 aliphatic carbocycles. The molecule has 5 heteroatoms. The number of nitrogens with one attached hydrogen (secondary N) is 2. The van der Waals surface area contributed by atoms with Crippen LogP contribution < -0.4 is 15.1 Å². The Morgan fingerprint density at radius 3 is 2.43 bits per heavy atom. The van der Waals surface area contributed by atoms with Gasteiger partial charge in [-0.05, 0) is 43.0 Å². The summed E-state index contributed by atoms with van der Waals surface area (Å²) in [5.74, 6) is 0.807. The third kappa shape index (κ3) is 4.47. The van der Waals surface area contributed by atoms with Gasteiger partial charge in [-0.25, -0.2) is 0 Å². The van der Waals surface area contributed by atoms with E-state index in [9.17, 15) is 9.90 Å². The summed E-state index contributed by atoms with van der Waals surface area (Å²) in [4.78, 5) is 16.4. The fraction of sp³-hybridized carbons (Fsp3) is 0.435. The Hall–Kier alpha value is -2.53. The van der Waals surface area contributed by atoms with E-state index in [1.54, 1.807) is 6.07 Å². The zero-order chi connectivity index (χ0) is 20.1. The molecule has 150 valence electrons. The van der Waals surface area contributed by atoms with Gasteiger partial charge in [0.25, 0.3) is 5.91 Å². The highest BCUT2D eigenvalue weighted by atomic mass is 16.3. The first-order valence-corrected chi connectivity index (χ1v) is 10.3. The van der Waals surface area contributed by atoms with Gasteiger partial charge in [0.15, 0.2) is 6.04 Å². The Morgan fingerprint density at radius 2 is 1.75 bits per heavy atom. The molecular weight excluding hydrogens is 350 g/mol. The number of hydrogen-bond donors (Lipinski definition) is 3. The lowest BCUT2D eigenvalue weighted by Crippen LogP contribution is -3.19. The minimum atomic E-state index is -0.114. The van der Waals surface area contributed by atoms with Gasteiger partial charge in [-0.15, -0.1) is 0 Å². The number of piperazine rings is 1. The van der Waals surface area contributed by atoms with Gasteiger partial charge in [-0.1, -0.05) is 44.2 Å². The van der Waals surface area contributed by atoms with Crippen LogP contribution in [0.4, 0.5) is 11.4 Å². The molecule has 0 radical (unpaired) electrons. The standard InChI is InChI=1S/C23H31N3O2/c1-4-17(2)19-9-5-6-10-20(19)24-23(28)18(3)25-13-15-26(16-14-25)21-11-7-8-12-22(21)27/h5-12,17-18,27H,4,13-16H2,1-3H3,(H,24,28)/p+1/t17-,18-/m1/s1. The van der Waals surface area contributed by atoms with Gasteiger partial charge in [0, 0.05) is 5.69 Å². The van der Waals surface area contributed by atoms with Crippen molar-refractivity contribution in [2.75, 3.05) is 36.4 Å². The number of nitrogens with zero attached hydrogens (tertiary/aromatic N) is 1. The van der Waals surface area contributed by atoms with E-state index in [1.165, 1.54) is 10.5 Å². The number of aromatic hydroxyl groups is 1. The summed E-state index contributed by atoms with van der Waals surface area (Å²) in [6.45, 7) is 9.76. The maximum Gasteiger partial charge on any atom is 0.282 e. The van der Waals surface area contributed by atoms with Crippen LogP contribution in [0.3, 0.4) is 0 Å². The first-order chi connectivity index (χ1) is 13.5. The number of benzene rings is 2. The zero-order valence-corrected chi connectivity index (χ0v) is 17.1. The lowest BCUT2D eigenvalue weighted by molar-refractivity contribution is -0.914. The van der Waals surface area contributed by atoms with Gasteiger partial charge < -0.3 is 20.2 Å². The summed E-state index contributed by atoms with van der Waals surface area (Å²) in [6, 6.07) is 15.4. The third-order valence-corrected chi connectivity index (χ3v) is 6.00. The minimum Gasteiger partial charge on any atom is -0.506 e. The first kappa shape index (κ1) is 20.2. The summed E-state index contributed by atoms with van der Waals surface area (Å²) >= 11 is 0. The number of carbonyl (C=O) groups excluding carboxylic acids is 1. The van der Waals surface area contributed by atoms with Crippen LogP contribution in [0, 0.1) is 0 Å². The van der Waals surface area contributed by atoms with Gasteiger partial charge in [0.05, 0.1) is 31.9 Å². The van der Waals surface area contributed by atoms with Crippen molar-refractivity contribution in [3.63, 3.8) is 0 Å². The predicted molar refractivity (Wildman–Crippen MR) is 114 cm³/mol. The van der Waals surface area contributed by atoms with E-state index in [4.69, 9.17) is 0 Å². The molecule has 1 saturated heterocycles. The predicted octanol–water partition coefficient (Wildman–Crippen LogP) is 2.64. The highest BCUT2D eigenvalue weighted by molar-refractivity contribution is 5.94. The van der Waals surface area contributed by atoms with Crippen LogP contribution in [0.2, 0.25) is 0 Å². The topological polar surface area (TPSA) is 57.0 Å². The Balaban J connectivity index is 1.60. The van der Waals surface area contributed by atoms with Crippen LogP contribution in [0.25, 0.3) is 0 Å². The average molecular weight is 383 g/mol. The second-order valence-electron chi connectivity index (χ2n) is 7.74. The van der Waals surface area contributed by atoms with E-state index in [2.05, 4.69) is 30.1 Å². The lowest BCUT2D eigenvalue weighted by Gasteiger charge is -2.36. The van der Waals surface area contributed by atoms with Crippen LogP contribution in [0.5, 0.6) is 5.75 Å². The van der Waals surface area contributed by atoms with Gasteiger partial charge >= 0.3 is 0 Å². The second-order valence-corrected chi connectivity index (χ2v) is 7.74. The molecule has 3 rings (SSSR count). The monoisotopic (exact) mass is 382 g/mol. The summed E-state index contributed by atoms with van der Waals surface area (Å²) in [7, 11) is 0. The molecule has 2 atom stereocenters. The second kappa shape index (κ2) is 9.11. The van der Waals surface area contributed by atoms with E-state index in [1.807, 2.05) is 43.3 Å². The van der Waals surface area contributed by atoms with Crippen molar-refractivity contribution in [1.82, 2.24) is 0 Å². The van der Waals surface area contributed by atoms with Crippen LogP contribution in [0.1, 0.15) is 38.7 Å². The number of phenols is 1. The van der Waals surface area contributed by atoms with E-state index in [0.717, 1.165) is 44.0 Å². The molecule has 1 aliphatic heterocycles. The smallest absolute Gasteiger partial charge is 0.282 e. The maximum atomic E-state index is 12.9. The zero-order valence-electron chi connectivity index (χ0n) is 17.1. The van der Waals surface area contributed by atoms with Gasteiger partial charge in [-0.3, -0.25) is 4.79 Å². The maximum absolute atomic E-state index is 12.9. The highest BCUT2D eigenvalue weighted by Gasteiger charge is 2.30.